The number of hydrogen-bond donors (Lipinski definition) is 0. The minimum absolute atomic E-state index is 0.0479. The molecule has 0 amide bonds. The number of ether oxygens (including phenoxy) is 1. The second-order valence-electron chi connectivity index (χ2n) is 4.26. The predicted molar refractivity (Wildman–Crippen MR) is 64.5 cm³/mol. The normalized spacial score (nSPS) is 15.8. The van der Waals surface area contributed by atoms with Crippen molar-refractivity contribution in [3.05, 3.63) is 4.91 Å². The average molecular weight is 243 g/mol. The zero-order valence-corrected chi connectivity index (χ0v) is 10.9. The minimum atomic E-state index is -1.08. The van der Waals surface area contributed by atoms with E-state index < -0.39 is 12.0 Å². The Morgan fingerprint density at radius 3 is 2.24 bits per heavy atom. The Morgan fingerprint density at radius 2 is 1.88 bits per heavy atom. The number of nitroso groups, excluding NO2 is 1. The van der Waals surface area contributed by atoms with E-state index in [0.717, 1.165) is 6.42 Å². The van der Waals surface area contributed by atoms with Gasteiger partial charge in [-0.3, -0.25) is 0 Å². The largest absolute Gasteiger partial charge is 0.464 e. The molecule has 0 aromatic rings. The molecule has 0 aliphatic rings. The Bertz CT molecular complexity index is 278. The van der Waals surface area contributed by atoms with Crippen molar-refractivity contribution in [2.75, 3.05) is 6.61 Å². The Labute approximate surface area is 102 Å². The van der Waals surface area contributed by atoms with E-state index in [4.69, 9.17) is 4.74 Å². The lowest BCUT2D eigenvalue weighted by atomic mass is 9.82. The standard InChI is InChI=1S/C12H21NO4/c1-5-8(3)10(7-9(4)14)11(13-16)12(15)17-6-2/h8,10-11H,5-7H2,1-4H3. The summed E-state index contributed by atoms with van der Waals surface area (Å²) in [6.07, 6.45) is 0.966. The maximum absolute atomic E-state index is 11.6. The van der Waals surface area contributed by atoms with Crippen molar-refractivity contribution in [2.24, 2.45) is 17.0 Å². The summed E-state index contributed by atoms with van der Waals surface area (Å²) in [6.45, 7) is 7.18. The van der Waals surface area contributed by atoms with Crippen molar-refractivity contribution in [3.8, 4) is 0 Å². The first-order valence-corrected chi connectivity index (χ1v) is 5.96. The molecule has 0 aromatic carbocycles. The monoisotopic (exact) mass is 243 g/mol. The van der Waals surface area contributed by atoms with Gasteiger partial charge in [0.2, 0.25) is 0 Å². The molecule has 0 heterocycles. The molecule has 0 N–H and O–H groups in total. The number of esters is 1. The van der Waals surface area contributed by atoms with Gasteiger partial charge in [-0.1, -0.05) is 25.4 Å². The highest BCUT2D eigenvalue weighted by Crippen LogP contribution is 2.26. The third kappa shape index (κ3) is 5.06. The van der Waals surface area contributed by atoms with Crippen LogP contribution in [0.15, 0.2) is 5.18 Å². The lowest BCUT2D eigenvalue weighted by molar-refractivity contribution is -0.146. The number of ketones is 1. The molecule has 0 saturated heterocycles. The van der Waals surface area contributed by atoms with Crippen molar-refractivity contribution in [1.82, 2.24) is 0 Å². The molecule has 0 aromatic heterocycles. The number of carbonyl (C=O) groups is 2. The Balaban J connectivity index is 4.89. The Kier molecular flexibility index (Phi) is 7.34. The predicted octanol–water partition coefficient (Wildman–Crippen LogP) is 2.33. The van der Waals surface area contributed by atoms with E-state index in [2.05, 4.69) is 5.18 Å². The lowest BCUT2D eigenvalue weighted by Crippen LogP contribution is -2.34. The second kappa shape index (κ2) is 7.92. The van der Waals surface area contributed by atoms with Crippen molar-refractivity contribution in [1.29, 1.82) is 0 Å². The van der Waals surface area contributed by atoms with Crippen LogP contribution in [0.4, 0.5) is 0 Å². The number of Topliss-reactive ketones (excluding diaryl/α,β-unsaturated/α-hetero) is 1. The second-order valence-corrected chi connectivity index (χ2v) is 4.26. The number of nitrogens with zero attached hydrogens (tertiary/aromatic N) is 1. The van der Waals surface area contributed by atoms with Gasteiger partial charge >= 0.3 is 5.97 Å². The molecule has 0 bridgehead atoms. The summed E-state index contributed by atoms with van der Waals surface area (Å²) in [7, 11) is 0. The van der Waals surface area contributed by atoms with Crippen molar-refractivity contribution < 1.29 is 14.3 Å². The van der Waals surface area contributed by atoms with Crippen LogP contribution in [0.2, 0.25) is 0 Å². The summed E-state index contributed by atoms with van der Waals surface area (Å²) in [5, 5.41) is 2.85. The summed E-state index contributed by atoms with van der Waals surface area (Å²) < 4.78 is 4.81. The van der Waals surface area contributed by atoms with Gasteiger partial charge in [-0.2, -0.15) is 0 Å². The van der Waals surface area contributed by atoms with Gasteiger partial charge in [0.1, 0.15) is 5.78 Å². The number of carbonyl (C=O) groups excluding carboxylic acids is 2. The molecule has 0 spiro atoms. The lowest BCUT2D eigenvalue weighted by Gasteiger charge is -2.24. The molecule has 3 atom stereocenters. The molecule has 5 nitrogen and oxygen atoms in total. The molecule has 0 saturated carbocycles. The molecule has 98 valence electrons. The first-order chi connectivity index (χ1) is 7.97. The smallest absolute Gasteiger partial charge is 0.334 e. The van der Waals surface area contributed by atoms with E-state index in [1.165, 1.54) is 6.92 Å². The average Bonchev–Trinajstić information content (AvgIpc) is 2.27. The van der Waals surface area contributed by atoms with Crippen LogP contribution in [0.5, 0.6) is 0 Å². The van der Waals surface area contributed by atoms with Gasteiger partial charge in [-0.25, -0.2) is 4.79 Å². The third-order valence-corrected chi connectivity index (χ3v) is 2.95. The highest BCUT2D eigenvalue weighted by molar-refractivity contribution is 5.80. The first-order valence-electron chi connectivity index (χ1n) is 5.96. The van der Waals surface area contributed by atoms with Gasteiger partial charge in [-0.15, -0.1) is 4.91 Å². The summed E-state index contributed by atoms with van der Waals surface area (Å²) in [5.74, 6) is -0.970. The quantitative estimate of drug-likeness (QED) is 0.484. The van der Waals surface area contributed by atoms with Crippen LogP contribution in [0.1, 0.15) is 40.5 Å². The van der Waals surface area contributed by atoms with E-state index in [0.29, 0.717) is 0 Å². The summed E-state index contributed by atoms with van der Waals surface area (Å²) in [4.78, 5) is 33.6. The number of hydrogen-bond acceptors (Lipinski definition) is 5. The highest BCUT2D eigenvalue weighted by atomic mass is 16.5. The van der Waals surface area contributed by atoms with Crippen LogP contribution in [0.3, 0.4) is 0 Å². The summed E-state index contributed by atoms with van der Waals surface area (Å²) >= 11 is 0. The van der Waals surface area contributed by atoms with E-state index >= 15 is 0 Å². The molecule has 0 radical (unpaired) electrons. The van der Waals surface area contributed by atoms with Gasteiger partial charge in [0.25, 0.3) is 0 Å². The first kappa shape index (κ1) is 15.7. The molecule has 17 heavy (non-hydrogen) atoms. The Hall–Kier alpha value is -1.26. The van der Waals surface area contributed by atoms with Gasteiger partial charge in [0, 0.05) is 12.3 Å². The van der Waals surface area contributed by atoms with E-state index in [1.807, 2.05) is 13.8 Å². The van der Waals surface area contributed by atoms with Crippen LogP contribution in [0.25, 0.3) is 0 Å². The fraction of sp³-hybridized carbons (Fsp3) is 0.833. The van der Waals surface area contributed by atoms with Crippen molar-refractivity contribution in [2.45, 2.75) is 46.6 Å². The van der Waals surface area contributed by atoms with Crippen LogP contribution in [0, 0.1) is 16.7 Å². The topological polar surface area (TPSA) is 72.8 Å². The van der Waals surface area contributed by atoms with Crippen molar-refractivity contribution in [3.63, 3.8) is 0 Å². The summed E-state index contributed by atoms with van der Waals surface area (Å²) in [6, 6.07) is -1.08. The Morgan fingerprint density at radius 1 is 1.29 bits per heavy atom. The molecular formula is C12H21NO4. The molecule has 0 rings (SSSR count). The van der Waals surface area contributed by atoms with E-state index in [-0.39, 0.29) is 30.6 Å². The third-order valence-electron chi connectivity index (χ3n) is 2.95. The molecule has 5 heteroatoms. The van der Waals surface area contributed by atoms with Gasteiger partial charge in [-0.05, 0) is 19.8 Å². The molecule has 3 unspecified atom stereocenters. The fourth-order valence-corrected chi connectivity index (χ4v) is 1.78. The molecule has 0 fully saturated rings. The SMILES string of the molecule is CCOC(=O)C(N=O)C(CC(C)=O)C(C)CC. The molecular weight excluding hydrogens is 222 g/mol. The minimum Gasteiger partial charge on any atom is -0.464 e. The van der Waals surface area contributed by atoms with Crippen LogP contribution < -0.4 is 0 Å². The highest BCUT2D eigenvalue weighted by Gasteiger charge is 2.34. The van der Waals surface area contributed by atoms with Gasteiger partial charge < -0.3 is 9.53 Å². The van der Waals surface area contributed by atoms with Crippen LogP contribution >= 0.6 is 0 Å². The molecule has 0 aliphatic heterocycles. The molecule has 0 aliphatic carbocycles. The van der Waals surface area contributed by atoms with Gasteiger partial charge in [0.05, 0.1) is 6.61 Å². The van der Waals surface area contributed by atoms with E-state index in [1.54, 1.807) is 6.92 Å². The zero-order valence-electron chi connectivity index (χ0n) is 10.9. The maximum atomic E-state index is 11.6. The number of rotatable bonds is 8. The maximum Gasteiger partial charge on any atom is 0.334 e. The fourth-order valence-electron chi connectivity index (χ4n) is 1.78. The van der Waals surface area contributed by atoms with Crippen LogP contribution in [-0.2, 0) is 14.3 Å². The zero-order chi connectivity index (χ0) is 13.4. The van der Waals surface area contributed by atoms with Crippen LogP contribution in [-0.4, -0.2) is 24.4 Å². The summed E-state index contributed by atoms with van der Waals surface area (Å²) in [5.41, 5.74) is 0. The van der Waals surface area contributed by atoms with Crippen molar-refractivity contribution >= 4 is 11.8 Å². The van der Waals surface area contributed by atoms with E-state index in [9.17, 15) is 14.5 Å². The van der Waals surface area contributed by atoms with Gasteiger partial charge in [0.15, 0.2) is 6.04 Å².